The van der Waals surface area contributed by atoms with Crippen molar-refractivity contribution in [2.45, 2.75) is 6.42 Å². The van der Waals surface area contributed by atoms with Crippen molar-refractivity contribution >= 4 is 56.2 Å². The average Bonchev–Trinajstić information content (AvgIpc) is 2.61. The Balaban J connectivity index is 2.29. The number of carboxylic acids is 1. The molecule has 0 aromatic carbocycles. The highest BCUT2D eigenvalue weighted by molar-refractivity contribution is 14.1. The lowest BCUT2D eigenvalue weighted by atomic mass is 10.1. The van der Waals surface area contributed by atoms with Crippen LogP contribution in [0.2, 0.25) is 0 Å². The Bertz CT molecular complexity index is 494. The number of carbonyl (C=O) groups is 2. The molecule has 5 nitrogen and oxygen atoms in total. The maximum absolute atomic E-state index is 11.7. The largest absolute Gasteiger partial charge is 0.481 e. The van der Waals surface area contributed by atoms with E-state index >= 15 is 0 Å². The Hall–Kier alpha value is -0.700. The molecule has 90 valence electrons. The molecule has 1 aliphatic heterocycles. The van der Waals surface area contributed by atoms with Crippen LogP contribution in [-0.4, -0.2) is 28.5 Å². The second-order valence-corrected chi connectivity index (χ2v) is 5.78. The third kappa shape index (κ3) is 2.59. The number of pyridine rings is 1. The van der Waals surface area contributed by atoms with Crippen LogP contribution in [-0.2, 0) is 9.59 Å². The topological polar surface area (TPSA) is 70.5 Å². The molecule has 1 aromatic rings. The molecule has 17 heavy (non-hydrogen) atoms. The molecule has 1 aromatic heterocycles. The van der Waals surface area contributed by atoms with Gasteiger partial charge in [0.05, 0.1) is 9.49 Å². The highest BCUT2D eigenvalue weighted by Gasteiger charge is 2.36. The third-order valence-electron chi connectivity index (χ3n) is 2.52. The van der Waals surface area contributed by atoms with Gasteiger partial charge in [-0.15, -0.1) is 0 Å². The molecule has 0 radical (unpaired) electrons. The van der Waals surface area contributed by atoms with Crippen LogP contribution in [0.15, 0.2) is 16.7 Å². The SMILES string of the molecule is O=C(O)C1CC(=O)N(c2ncc(Br)cc2I)C1. The van der Waals surface area contributed by atoms with E-state index in [9.17, 15) is 9.59 Å². The molecule has 2 heterocycles. The van der Waals surface area contributed by atoms with Gasteiger partial charge in [0.1, 0.15) is 5.82 Å². The number of hydrogen-bond acceptors (Lipinski definition) is 3. The van der Waals surface area contributed by atoms with Gasteiger partial charge in [-0.2, -0.15) is 0 Å². The van der Waals surface area contributed by atoms with Crippen LogP contribution >= 0.6 is 38.5 Å². The number of amides is 1. The summed E-state index contributed by atoms with van der Waals surface area (Å²) in [7, 11) is 0. The molecule has 1 atom stereocenters. The number of halogens is 2. The molecule has 0 spiro atoms. The first-order valence-electron chi connectivity index (χ1n) is 4.83. The Kier molecular flexibility index (Phi) is 3.67. The van der Waals surface area contributed by atoms with E-state index < -0.39 is 11.9 Å². The van der Waals surface area contributed by atoms with Gasteiger partial charge < -0.3 is 5.11 Å². The van der Waals surface area contributed by atoms with E-state index in [4.69, 9.17) is 5.11 Å². The van der Waals surface area contributed by atoms with Crippen LogP contribution in [0.25, 0.3) is 0 Å². The summed E-state index contributed by atoms with van der Waals surface area (Å²) in [5.74, 6) is -1.23. The normalized spacial score (nSPS) is 19.8. The number of aliphatic carboxylic acids is 1. The summed E-state index contributed by atoms with van der Waals surface area (Å²) in [5.41, 5.74) is 0. The quantitative estimate of drug-likeness (QED) is 0.756. The molecule has 0 aliphatic carbocycles. The second kappa shape index (κ2) is 4.89. The van der Waals surface area contributed by atoms with Crippen LogP contribution in [0.1, 0.15) is 6.42 Å². The van der Waals surface area contributed by atoms with Crippen molar-refractivity contribution < 1.29 is 14.7 Å². The minimum absolute atomic E-state index is 0.0448. The number of hydrogen-bond donors (Lipinski definition) is 1. The maximum atomic E-state index is 11.7. The number of anilines is 1. The zero-order valence-corrected chi connectivity index (χ0v) is 12.3. The highest BCUT2D eigenvalue weighted by Crippen LogP contribution is 2.28. The van der Waals surface area contributed by atoms with Gasteiger partial charge in [-0.25, -0.2) is 4.98 Å². The molecular weight excluding hydrogens is 403 g/mol. The second-order valence-electron chi connectivity index (χ2n) is 3.70. The van der Waals surface area contributed by atoms with E-state index in [1.54, 1.807) is 6.20 Å². The van der Waals surface area contributed by atoms with Crippen molar-refractivity contribution in [2.75, 3.05) is 11.4 Å². The average molecular weight is 411 g/mol. The summed E-state index contributed by atoms with van der Waals surface area (Å²) in [6, 6.07) is 1.84. The monoisotopic (exact) mass is 410 g/mol. The Morgan fingerprint density at radius 2 is 2.35 bits per heavy atom. The number of carbonyl (C=O) groups excluding carboxylic acids is 1. The molecule has 2 rings (SSSR count). The highest BCUT2D eigenvalue weighted by atomic mass is 127. The van der Waals surface area contributed by atoms with Crippen LogP contribution in [0, 0.1) is 9.49 Å². The van der Waals surface area contributed by atoms with Crippen LogP contribution in [0.3, 0.4) is 0 Å². The smallest absolute Gasteiger partial charge is 0.308 e. The lowest BCUT2D eigenvalue weighted by molar-refractivity contribution is -0.141. The van der Waals surface area contributed by atoms with Crippen molar-refractivity contribution in [2.24, 2.45) is 5.92 Å². The molecule has 1 saturated heterocycles. The molecule has 1 aliphatic rings. The zero-order chi connectivity index (χ0) is 12.6. The lowest BCUT2D eigenvalue weighted by Crippen LogP contribution is -2.27. The van der Waals surface area contributed by atoms with Gasteiger partial charge in [0.15, 0.2) is 0 Å². The van der Waals surface area contributed by atoms with E-state index in [0.717, 1.165) is 8.04 Å². The summed E-state index contributed by atoms with van der Waals surface area (Å²) in [6.07, 6.45) is 1.64. The van der Waals surface area contributed by atoms with E-state index in [-0.39, 0.29) is 18.9 Å². The minimum Gasteiger partial charge on any atom is -0.481 e. The van der Waals surface area contributed by atoms with Gasteiger partial charge in [0.2, 0.25) is 5.91 Å². The molecule has 0 bridgehead atoms. The Labute approximate surface area is 119 Å². The predicted molar refractivity (Wildman–Crippen MR) is 72.7 cm³/mol. The fraction of sp³-hybridized carbons (Fsp3) is 0.300. The van der Waals surface area contributed by atoms with Crippen LogP contribution in [0.4, 0.5) is 5.82 Å². The number of aromatic nitrogens is 1. The lowest BCUT2D eigenvalue weighted by Gasteiger charge is -2.16. The molecular formula is C10H8BrIN2O3. The van der Waals surface area contributed by atoms with Crippen molar-refractivity contribution in [1.29, 1.82) is 0 Å². The Morgan fingerprint density at radius 1 is 1.65 bits per heavy atom. The van der Waals surface area contributed by atoms with Crippen molar-refractivity contribution in [3.05, 3.63) is 20.3 Å². The van der Waals surface area contributed by atoms with E-state index in [0.29, 0.717) is 5.82 Å². The van der Waals surface area contributed by atoms with Crippen molar-refractivity contribution in [1.82, 2.24) is 4.98 Å². The molecule has 1 amide bonds. The number of nitrogens with zero attached hydrogens (tertiary/aromatic N) is 2. The first-order chi connectivity index (χ1) is 7.99. The summed E-state index contributed by atoms with van der Waals surface area (Å²) >= 11 is 5.37. The maximum Gasteiger partial charge on any atom is 0.308 e. The molecule has 0 saturated carbocycles. The van der Waals surface area contributed by atoms with Crippen molar-refractivity contribution in [3.8, 4) is 0 Å². The molecule has 1 unspecified atom stereocenters. The van der Waals surface area contributed by atoms with Crippen molar-refractivity contribution in [3.63, 3.8) is 0 Å². The summed E-state index contributed by atoms with van der Waals surface area (Å²) in [5, 5.41) is 8.90. The predicted octanol–water partition coefficient (Wildman–Crippen LogP) is 1.89. The third-order valence-corrected chi connectivity index (χ3v) is 3.75. The molecule has 7 heteroatoms. The molecule has 1 N–H and O–H groups in total. The first-order valence-corrected chi connectivity index (χ1v) is 6.70. The van der Waals surface area contributed by atoms with E-state index in [1.807, 2.05) is 6.07 Å². The van der Waals surface area contributed by atoms with Crippen LogP contribution < -0.4 is 4.90 Å². The standard InChI is InChI=1S/C10H8BrIN2O3/c11-6-2-7(12)9(13-3-6)14-4-5(10(16)17)1-8(14)15/h2-3,5H,1,4H2,(H,16,17). The van der Waals surface area contributed by atoms with E-state index in [1.165, 1.54) is 4.90 Å². The van der Waals surface area contributed by atoms with E-state index in [2.05, 4.69) is 43.5 Å². The van der Waals surface area contributed by atoms with Gasteiger partial charge in [-0.1, -0.05) is 0 Å². The fourth-order valence-electron chi connectivity index (χ4n) is 1.68. The first kappa shape index (κ1) is 12.7. The zero-order valence-electron chi connectivity index (χ0n) is 8.56. The van der Waals surface area contributed by atoms with Crippen LogP contribution in [0.5, 0.6) is 0 Å². The molecule has 1 fully saturated rings. The summed E-state index contributed by atoms with van der Waals surface area (Å²) in [6.45, 7) is 0.193. The van der Waals surface area contributed by atoms with Gasteiger partial charge in [0.25, 0.3) is 0 Å². The van der Waals surface area contributed by atoms with Gasteiger partial charge in [0, 0.05) is 23.6 Å². The number of carboxylic acid groups (broad SMARTS) is 1. The van der Waals surface area contributed by atoms with Gasteiger partial charge in [-0.3, -0.25) is 14.5 Å². The van der Waals surface area contributed by atoms with Gasteiger partial charge in [-0.05, 0) is 44.6 Å². The Morgan fingerprint density at radius 3 is 2.88 bits per heavy atom. The fourth-order valence-corrected chi connectivity index (χ4v) is 3.21. The number of rotatable bonds is 2. The minimum atomic E-state index is -0.937. The summed E-state index contributed by atoms with van der Waals surface area (Å²) in [4.78, 5) is 28.2. The van der Waals surface area contributed by atoms with Gasteiger partial charge >= 0.3 is 5.97 Å². The summed E-state index contributed by atoms with van der Waals surface area (Å²) < 4.78 is 1.64.